The zero-order valence-corrected chi connectivity index (χ0v) is 10.8. The van der Waals surface area contributed by atoms with Crippen LogP contribution in [0.2, 0.25) is 0 Å². The standard InChI is InChI=1S/C11H14N4OS/c1-6-7(2)17-11-9(6)10(14-5-15-11)13-4-8(16)12-3/h5H,4H2,1-3H3,(H,12,16)(H,13,14,15). The second-order valence-electron chi connectivity index (χ2n) is 3.71. The van der Waals surface area contributed by atoms with Gasteiger partial charge in [0, 0.05) is 11.9 Å². The van der Waals surface area contributed by atoms with Crippen molar-refractivity contribution in [2.45, 2.75) is 13.8 Å². The maximum Gasteiger partial charge on any atom is 0.239 e. The summed E-state index contributed by atoms with van der Waals surface area (Å²) < 4.78 is 0. The Labute approximate surface area is 103 Å². The molecule has 90 valence electrons. The molecule has 2 heterocycles. The minimum Gasteiger partial charge on any atom is -0.360 e. The molecule has 0 bridgehead atoms. The topological polar surface area (TPSA) is 66.9 Å². The highest BCUT2D eigenvalue weighted by Gasteiger charge is 2.11. The number of aryl methyl sites for hydroxylation is 2. The van der Waals surface area contributed by atoms with Crippen LogP contribution in [0.3, 0.4) is 0 Å². The molecule has 0 spiro atoms. The van der Waals surface area contributed by atoms with Gasteiger partial charge in [0.2, 0.25) is 5.91 Å². The van der Waals surface area contributed by atoms with E-state index in [1.165, 1.54) is 16.8 Å². The Kier molecular flexibility index (Phi) is 3.23. The maximum atomic E-state index is 11.2. The summed E-state index contributed by atoms with van der Waals surface area (Å²) in [5.74, 6) is 0.654. The predicted octanol–water partition coefficient (Wildman–Crippen LogP) is 1.47. The van der Waals surface area contributed by atoms with Crippen LogP contribution in [-0.4, -0.2) is 29.5 Å². The minimum absolute atomic E-state index is 0.0682. The van der Waals surface area contributed by atoms with Crippen molar-refractivity contribution >= 4 is 33.3 Å². The number of nitrogens with one attached hydrogen (secondary N) is 2. The molecule has 2 aromatic rings. The molecule has 0 aliphatic heterocycles. The summed E-state index contributed by atoms with van der Waals surface area (Å²) in [4.78, 5) is 21.8. The molecule has 0 aliphatic rings. The summed E-state index contributed by atoms with van der Waals surface area (Å²) >= 11 is 1.64. The van der Waals surface area contributed by atoms with Gasteiger partial charge in [0.25, 0.3) is 0 Å². The molecule has 0 atom stereocenters. The number of fused-ring (bicyclic) bond motifs is 1. The van der Waals surface area contributed by atoms with Crippen LogP contribution in [0, 0.1) is 13.8 Å². The molecule has 0 aromatic carbocycles. The van der Waals surface area contributed by atoms with Crippen LogP contribution >= 0.6 is 11.3 Å². The second kappa shape index (κ2) is 4.67. The first kappa shape index (κ1) is 11.8. The second-order valence-corrected chi connectivity index (χ2v) is 4.92. The van der Waals surface area contributed by atoms with Crippen LogP contribution in [0.4, 0.5) is 5.82 Å². The number of rotatable bonds is 3. The fourth-order valence-corrected chi connectivity index (χ4v) is 2.57. The molecule has 5 nitrogen and oxygen atoms in total. The molecule has 0 fully saturated rings. The van der Waals surface area contributed by atoms with Crippen molar-refractivity contribution in [3.8, 4) is 0 Å². The number of carbonyl (C=O) groups is 1. The van der Waals surface area contributed by atoms with Crippen molar-refractivity contribution < 1.29 is 4.79 Å². The van der Waals surface area contributed by atoms with Gasteiger partial charge < -0.3 is 10.6 Å². The molecule has 2 rings (SSSR count). The molecule has 1 amide bonds. The Morgan fingerprint density at radius 3 is 2.88 bits per heavy atom. The number of thiophene rings is 1. The number of aromatic nitrogens is 2. The third-order valence-corrected chi connectivity index (χ3v) is 3.78. The summed E-state index contributed by atoms with van der Waals surface area (Å²) in [6.45, 7) is 4.32. The van der Waals surface area contributed by atoms with E-state index < -0.39 is 0 Å². The summed E-state index contributed by atoms with van der Waals surface area (Å²) in [5, 5.41) is 6.61. The fourth-order valence-electron chi connectivity index (χ4n) is 1.57. The Bertz CT molecular complexity index is 564. The number of hydrogen-bond acceptors (Lipinski definition) is 5. The van der Waals surface area contributed by atoms with Gasteiger partial charge in [-0.1, -0.05) is 0 Å². The highest BCUT2D eigenvalue weighted by Crippen LogP contribution is 2.32. The molecule has 0 saturated carbocycles. The van der Waals surface area contributed by atoms with Crippen molar-refractivity contribution in [2.24, 2.45) is 0 Å². The monoisotopic (exact) mass is 250 g/mol. The fraction of sp³-hybridized carbons (Fsp3) is 0.364. The quantitative estimate of drug-likeness (QED) is 0.865. The van der Waals surface area contributed by atoms with Crippen molar-refractivity contribution in [3.63, 3.8) is 0 Å². The van der Waals surface area contributed by atoms with E-state index in [0.717, 1.165) is 16.0 Å². The highest BCUT2D eigenvalue weighted by atomic mass is 32.1. The van der Waals surface area contributed by atoms with Crippen molar-refractivity contribution in [3.05, 3.63) is 16.8 Å². The number of amides is 1. The lowest BCUT2D eigenvalue weighted by molar-refractivity contribution is -0.118. The smallest absolute Gasteiger partial charge is 0.239 e. The van der Waals surface area contributed by atoms with Crippen LogP contribution in [0.5, 0.6) is 0 Å². The lowest BCUT2D eigenvalue weighted by Crippen LogP contribution is -2.26. The van der Waals surface area contributed by atoms with Gasteiger partial charge in [0.1, 0.15) is 17.0 Å². The van der Waals surface area contributed by atoms with E-state index in [9.17, 15) is 4.79 Å². The average molecular weight is 250 g/mol. The van der Waals surface area contributed by atoms with Gasteiger partial charge in [-0.05, 0) is 19.4 Å². The van der Waals surface area contributed by atoms with Gasteiger partial charge in [0.05, 0.1) is 11.9 Å². The Morgan fingerprint density at radius 2 is 2.18 bits per heavy atom. The van der Waals surface area contributed by atoms with E-state index in [0.29, 0.717) is 0 Å². The molecule has 0 aliphatic carbocycles. The summed E-state index contributed by atoms with van der Waals surface area (Å²) in [7, 11) is 1.61. The third-order valence-electron chi connectivity index (χ3n) is 2.66. The van der Waals surface area contributed by atoms with Gasteiger partial charge in [-0.2, -0.15) is 0 Å². The molecule has 17 heavy (non-hydrogen) atoms. The largest absolute Gasteiger partial charge is 0.360 e. The summed E-state index contributed by atoms with van der Waals surface area (Å²) in [6.07, 6.45) is 1.52. The van der Waals surface area contributed by atoms with E-state index in [1.807, 2.05) is 6.92 Å². The number of nitrogens with zero attached hydrogens (tertiary/aromatic N) is 2. The van der Waals surface area contributed by atoms with Crippen LogP contribution in [0.1, 0.15) is 10.4 Å². The van der Waals surface area contributed by atoms with Gasteiger partial charge in [-0.3, -0.25) is 4.79 Å². The van der Waals surface area contributed by atoms with Gasteiger partial charge in [0.15, 0.2) is 0 Å². The minimum atomic E-state index is -0.0682. The Balaban J connectivity index is 2.37. The third kappa shape index (κ3) is 2.21. The molecule has 0 unspecified atom stereocenters. The van der Waals surface area contributed by atoms with Gasteiger partial charge in [-0.15, -0.1) is 11.3 Å². The van der Waals surface area contributed by atoms with E-state index >= 15 is 0 Å². The van der Waals surface area contributed by atoms with Crippen molar-refractivity contribution in [1.82, 2.24) is 15.3 Å². The number of anilines is 1. The zero-order chi connectivity index (χ0) is 12.4. The average Bonchev–Trinajstić information content (AvgIpc) is 2.63. The lowest BCUT2D eigenvalue weighted by Gasteiger charge is -2.06. The van der Waals surface area contributed by atoms with Crippen LogP contribution < -0.4 is 10.6 Å². The molecule has 2 aromatic heterocycles. The van der Waals surface area contributed by atoms with Crippen LogP contribution in [-0.2, 0) is 4.79 Å². The van der Waals surface area contributed by atoms with E-state index in [-0.39, 0.29) is 12.5 Å². The van der Waals surface area contributed by atoms with E-state index in [4.69, 9.17) is 0 Å². The SMILES string of the molecule is CNC(=O)CNc1ncnc2sc(C)c(C)c12. The number of carbonyl (C=O) groups excluding carboxylic acids is 1. The van der Waals surface area contributed by atoms with Crippen LogP contribution in [0.15, 0.2) is 6.33 Å². The highest BCUT2D eigenvalue weighted by molar-refractivity contribution is 7.18. The van der Waals surface area contributed by atoms with Crippen LogP contribution in [0.25, 0.3) is 10.2 Å². The summed E-state index contributed by atoms with van der Waals surface area (Å²) in [5.41, 5.74) is 1.17. The molecular weight excluding hydrogens is 236 g/mol. The van der Waals surface area contributed by atoms with Crippen molar-refractivity contribution in [1.29, 1.82) is 0 Å². The normalized spacial score (nSPS) is 10.5. The number of likely N-dealkylation sites (N-methyl/N-ethyl adjacent to an activating group) is 1. The summed E-state index contributed by atoms with van der Waals surface area (Å²) in [6, 6.07) is 0. The van der Waals surface area contributed by atoms with Gasteiger partial charge in [-0.25, -0.2) is 9.97 Å². The van der Waals surface area contributed by atoms with E-state index in [2.05, 4.69) is 27.5 Å². The zero-order valence-electron chi connectivity index (χ0n) is 10.00. The number of hydrogen-bond donors (Lipinski definition) is 2. The lowest BCUT2D eigenvalue weighted by atomic mass is 10.2. The van der Waals surface area contributed by atoms with E-state index in [1.54, 1.807) is 18.4 Å². The molecule has 0 saturated heterocycles. The first-order chi connectivity index (χ1) is 8.13. The molecule has 2 N–H and O–H groups in total. The van der Waals surface area contributed by atoms with Gasteiger partial charge >= 0.3 is 0 Å². The first-order valence-corrected chi connectivity index (χ1v) is 6.10. The molecule has 0 radical (unpaired) electrons. The predicted molar refractivity (Wildman–Crippen MR) is 69.4 cm³/mol. The first-order valence-electron chi connectivity index (χ1n) is 5.28. The Hall–Kier alpha value is -1.69. The Morgan fingerprint density at radius 1 is 1.41 bits per heavy atom. The molecule has 6 heteroatoms. The van der Waals surface area contributed by atoms with Crippen molar-refractivity contribution in [2.75, 3.05) is 18.9 Å². The maximum absolute atomic E-state index is 11.2. The molecular formula is C11H14N4OS.